The molecule has 5 nitrogen and oxygen atoms in total. The van der Waals surface area contributed by atoms with Crippen molar-refractivity contribution < 1.29 is 4.79 Å². The van der Waals surface area contributed by atoms with Gasteiger partial charge in [0.1, 0.15) is 0 Å². The quantitative estimate of drug-likeness (QED) is 0.855. The van der Waals surface area contributed by atoms with Crippen LogP contribution in [0, 0.1) is 5.41 Å². The highest BCUT2D eigenvalue weighted by Gasteiger charge is 2.33. The van der Waals surface area contributed by atoms with Crippen LogP contribution >= 0.6 is 0 Å². The first kappa shape index (κ1) is 13.5. The molecule has 1 atom stereocenters. The summed E-state index contributed by atoms with van der Waals surface area (Å²) in [5.41, 5.74) is 2.72. The minimum Gasteiger partial charge on any atom is -0.331 e. The lowest BCUT2D eigenvalue weighted by molar-refractivity contribution is 0.197. The number of aryl methyl sites for hydroxylation is 1. The van der Waals surface area contributed by atoms with Crippen molar-refractivity contribution in [2.75, 3.05) is 13.1 Å². The first-order chi connectivity index (χ1) is 9.46. The SMILES string of the molecule is Cn1ncc2c1CCCC2NC(=O)N1CCC(C)(C)C1. The molecule has 0 bridgehead atoms. The average Bonchev–Trinajstić information content (AvgIpc) is 2.94. The third-order valence-electron chi connectivity index (χ3n) is 4.64. The third kappa shape index (κ3) is 2.41. The Labute approximate surface area is 120 Å². The molecule has 5 heteroatoms. The number of carbonyl (C=O) groups is 1. The Morgan fingerprint density at radius 2 is 2.30 bits per heavy atom. The molecule has 1 fully saturated rings. The molecular formula is C15H24N4O. The minimum absolute atomic E-state index is 0.0808. The Balaban J connectivity index is 1.68. The van der Waals surface area contributed by atoms with Gasteiger partial charge in [0.05, 0.1) is 12.2 Å². The smallest absolute Gasteiger partial charge is 0.317 e. The van der Waals surface area contributed by atoms with Gasteiger partial charge in [-0.05, 0) is 31.1 Å². The monoisotopic (exact) mass is 276 g/mol. The Hall–Kier alpha value is -1.52. The molecule has 1 saturated heterocycles. The van der Waals surface area contributed by atoms with E-state index in [1.165, 1.54) is 11.3 Å². The molecule has 1 N–H and O–H groups in total. The van der Waals surface area contributed by atoms with Crippen molar-refractivity contribution in [2.24, 2.45) is 12.5 Å². The van der Waals surface area contributed by atoms with Crippen molar-refractivity contribution in [3.05, 3.63) is 17.5 Å². The summed E-state index contributed by atoms with van der Waals surface area (Å²) in [6, 6.07) is 0.209. The number of fused-ring (bicyclic) bond motifs is 1. The number of hydrogen-bond donors (Lipinski definition) is 1. The van der Waals surface area contributed by atoms with Crippen LogP contribution in [0.5, 0.6) is 0 Å². The van der Waals surface area contributed by atoms with Crippen LogP contribution in [-0.2, 0) is 13.5 Å². The first-order valence-corrected chi connectivity index (χ1v) is 7.52. The Kier molecular flexibility index (Phi) is 3.22. The number of urea groups is 1. The van der Waals surface area contributed by atoms with E-state index in [4.69, 9.17) is 0 Å². The number of likely N-dealkylation sites (tertiary alicyclic amines) is 1. The molecule has 0 spiro atoms. The predicted molar refractivity (Wildman–Crippen MR) is 77.4 cm³/mol. The minimum atomic E-state index is 0.0808. The Bertz CT molecular complexity index is 520. The van der Waals surface area contributed by atoms with Crippen molar-refractivity contribution in [1.29, 1.82) is 0 Å². The molecule has 3 rings (SSSR count). The topological polar surface area (TPSA) is 50.2 Å². The molecule has 0 radical (unpaired) electrons. The van der Waals surface area contributed by atoms with Gasteiger partial charge >= 0.3 is 6.03 Å². The highest BCUT2D eigenvalue weighted by molar-refractivity contribution is 5.75. The zero-order valence-electron chi connectivity index (χ0n) is 12.6. The highest BCUT2D eigenvalue weighted by atomic mass is 16.2. The predicted octanol–water partition coefficient (Wildman–Crippen LogP) is 2.24. The summed E-state index contributed by atoms with van der Waals surface area (Å²) in [4.78, 5) is 14.4. The summed E-state index contributed by atoms with van der Waals surface area (Å²) in [5, 5.41) is 7.53. The lowest BCUT2D eigenvalue weighted by atomic mass is 9.93. The maximum Gasteiger partial charge on any atom is 0.317 e. The largest absolute Gasteiger partial charge is 0.331 e. The second-order valence-corrected chi connectivity index (χ2v) is 6.90. The number of nitrogens with zero attached hydrogens (tertiary/aromatic N) is 3. The fourth-order valence-electron chi connectivity index (χ4n) is 3.38. The summed E-state index contributed by atoms with van der Waals surface area (Å²) >= 11 is 0. The van der Waals surface area contributed by atoms with E-state index >= 15 is 0 Å². The van der Waals surface area contributed by atoms with Crippen LogP contribution in [0.4, 0.5) is 4.79 Å². The third-order valence-corrected chi connectivity index (χ3v) is 4.64. The second-order valence-electron chi connectivity index (χ2n) is 6.90. The van der Waals surface area contributed by atoms with E-state index in [9.17, 15) is 4.79 Å². The van der Waals surface area contributed by atoms with Crippen LogP contribution in [-0.4, -0.2) is 33.8 Å². The molecule has 110 valence electrons. The van der Waals surface area contributed by atoms with Gasteiger partial charge < -0.3 is 10.2 Å². The van der Waals surface area contributed by atoms with Gasteiger partial charge in [0.25, 0.3) is 0 Å². The summed E-state index contributed by atoms with van der Waals surface area (Å²) in [7, 11) is 1.98. The molecule has 2 aliphatic rings. The molecular weight excluding hydrogens is 252 g/mol. The Morgan fingerprint density at radius 3 is 3.00 bits per heavy atom. The van der Waals surface area contributed by atoms with Crippen LogP contribution in [0.2, 0.25) is 0 Å². The van der Waals surface area contributed by atoms with Gasteiger partial charge in [0.2, 0.25) is 0 Å². The van der Waals surface area contributed by atoms with Gasteiger partial charge in [-0.15, -0.1) is 0 Å². The molecule has 1 aliphatic heterocycles. The maximum absolute atomic E-state index is 12.4. The number of amides is 2. The van der Waals surface area contributed by atoms with Crippen LogP contribution in [0.15, 0.2) is 6.20 Å². The maximum atomic E-state index is 12.4. The van der Waals surface area contributed by atoms with E-state index in [1.807, 2.05) is 22.8 Å². The molecule has 1 aromatic rings. The van der Waals surface area contributed by atoms with Gasteiger partial charge in [-0.25, -0.2) is 4.79 Å². The van der Waals surface area contributed by atoms with Gasteiger partial charge in [0, 0.05) is 31.4 Å². The fourth-order valence-corrected chi connectivity index (χ4v) is 3.38. The van der Waals surface area contributed by atoms with Crippen LogP contribution in [0.1, 0.15) is 50.4 Å². The van der Waals surface area contributed by atoms with E-state index in [0.717, 1.165) is 38.8 Å². The normalized spacial score (nSPS) is 24.6. The summed E-state index contributed by atoms with van der Waals surface area (Å²) in [6.07, 6.45) is 6.19. The van der Waals surface area contributed by atoms with Crippen LogP contribution in [0.3, 0.4) is 0 Å². The molecule has 1 aromatic heterocycles. The molecule has 1 unspecified atom stereocenters. The number of hydrogen-bond acceptors (Lipinski definition) is 2. The van der Waals surface area contributed by atoms with Gasteiger partial charge in [0.15, 0.2) is 0 Å². The number of nitrogens with one attached hydrogen (secondary N) is 1. The fraction of sp³-hybridized carbons (Fsp3) is 0.733. The second kappa shape index (κ2) is 4.79. The van der Waals surface area contributed by atoms with Crippen LogP contribution < -0.4 is 5.32 Å². The van der Waals surface area contributed by atoms with Crippen molar-refractivity contribution in [2.45, 2.75) is 45.6 Å². The molecule has 0 aromatic carbocycles. The highest BCUT2D eigenvalue weighted by Crippen LogP contribution is 2.31. The van der Waals surface area contributed by atoms with Crippen LogP contribution in [0.25, 0.3) is 0 Å². The molecule has 2 amide bonds. The molecule has 20 heavy (non-hydrogen) atoms. The van der Waals surface area contributed by atoms with Crippen molar-refractivity contribution in [1.82, 2.24) is 20.0 Å². The average molecular weight is 276 g/mol. The van der Waals surface area contributed by atoms with E-state index in [2.05, 4.69) is 24.3 Å². The first-order valence-electron chi connectivity index (χ1n) is 7.52. The summed E-state index contributed by atoms with van der Waals surface area (Å²) in [6.45, 7) is 6.16. The molecule has 0 saturated carbocycles. The number of rotatable bonds is 1. The lowest BCUT2D eigenvalue weighted by Gasteiger charge is -2.27. The zero-order chi connectivity index (χ0) is 14.3. The van der Waals surface area contributed by atoms with Gasteiger partial charge in [-0.1, -0.05) is 13.8 Å². The van der Waals surface area contributed by atoms with E-state index in [1.54, 1.807) is 0 Å². The van der Waals surface area contributed by atoms with Gasteiger partial charge in [-0.3, -0.25) is 4.68 Å². The lowest BCUT2D eigenvalue weighted by Crippen LogP contribution is -2.41. The van der Waals surface area contributed by atoms with Crippen molar-refractivity contribution >= 4 is 6.03 Å². The van der Waals surface area contributed by atoms with E-state index < -0.39 is 0 Å². The number of aromatic nitrogens is 2. The summed E-state index contributed by atoms with van der Waals surface area (Å²) in [5.74, 6) is 0. The molecule has 2 heterocycles. The van der Waals surface area contributed by atoms with E-state index in [0.29, 0.717) is 0 Å². The summed E-state index contributed by atoms with van der Waals surface area (Å²) < 4.78 is 1.94. The van der Waals surface area contributed by atoms with Gasteiger partial charge in [-0.2, -0.15) is 5.10 Å². The standard InChI is InChI=1S/C15H24N4O/c1-15(2)7-8-19(10-15)14(20)17-12-5-4-6-13-11(12)9-16-18(13)3/h9,12H,4-8,10H2,1-3H3,(H,17,20). The number of carbonyl (C=O) groups excluding carboxylic acids is 1. The molecule has 1 aliphatic carbocycles. The van der Waals surface area contributed by atoms with Crippen molar-refractivity contribution in [3.8, 4) is 0 Å². The van der Waals surface area contributed by atoms with E-state index in [-0.39, 0.29) is 17.5 Å². The Morgan fingerprint density at radius 1 is 1.50 bits per heavy atom. The zero-order valence-corrected chi connectivity index (χ0v) is 12.6. The van der Waals surface area contributed by atoms with Crippen molar-refractivity contribution in [3.63, 3.8) is 0 Å².